The number of carbonyl (C=O) groups is 1. The fourth-order valence-electron chi connectivity index (χ4n) is 1.18. The SMILES string of the molecule is CNC(=O)[C@@H](N)Cc1ccccc1Br. The van der Waals surface area contributed by atoms with Gasteiger partial charge in [-0.05, 0) is 18.1 Å². The molecule has 1 aromatic rings. The Labute approximate surface area is 91.8 Å². The first-order valence-corrected chi connectivity index (χ1v) is 5.15. The van der Waals surface area contributed by atoms with Crippen LogP contribution in [0.15, 0.2) is 28.7 Å². The van der Waals surface area contributed by atoms with Gasteiger partial charge < -0.3 is 11.1 Å². The number of hydrogen-bond acceptors (Lipinski definition) is 2. The first-order chi connectivity index (χ1) is 6.65. The summed E-state index contributed by atoms with van der Waals surface area (Å²) in [6.45, 7) is 0. The standard InChI is InChI=1S/C10H13BrN2O/c1-13-10(14)9(12)6-7-4-2-3-5-8(7)11/h2-5,9H,6,12H2,1H3,(H,13,14)/t9-/m0/s1. The third-order valence-electron chi connectivity index (χ3n) is 1.98. The van der Waals surface area contributed by atoms with E-state index in [0.717, 1.165) is 10.0 Å². The molecule has 0 heterocycles. The summed E-state index contributed by atoms with van der Waals surface area (Å²) in [5.74, 6) is -0.138. The Bertz CT molecular complexity index is 328. The van der Waals surface area contributed by atoms with Crippen molar-refractivity contribution < 1.29 is 4.79 Å². The number of nitrogens with one attached hydrogen (secondary N) is 1. The number of nitrogens with two attached hydrogens (primary N) is 1. The molecule has 0 bridgehead atoms. The minimum absolute atomic E-state index is 0.138. The lowest BCUT2D eigenvalue weighted by Gasteiger charge is -2.10. The Kier molecular flexibility index (Phi) is 4.10. The summed E-state index contributed by atoms with van der Waals surface area (Å²) in [7, 11) is 1.59. The number of halogens is 1. The van der Waals surface area contributed by atoms with Crippen molar-refractivity contribution in [3.05, 3.63) is 34.3 Å². The van der Waals surface area contributed by atoms with E-state index < -0.39 is 6.04 Å². The average molecular weight is 257 g/mol. The van der Waals surface area contributed by atoms with Gasteiger partial charge in [-0.2, -0.15) is 0 Å². The number of amides is 1. The Morgan fingerprint density at radius 1 is 1.57 bits per heavy atom. The maximum atomic E-state index is 11.2. The Morgan fingerprint density at radius 3 is 2.79 bits per heavy atom. The van der Waals surface area contributed by atoms with E-state index in [2.05, 4.69) is 21.2 Å². The molecule has 3 N–H and O–H groups in total. The van der Waals surface area contributed by atoms with Crippen molar-refractivity contribution in [1.29, 1.82) is 0 Å². The summed E-state index contributed by atoms with van der Waals surface area (Å²) in [5.41, 5.74) is 6.74. The van der Waals surface area contributed by atoms with Crippen LogP contribution in [0, 0.1) is 0 Å². The van der Waals surface area contributed by atoms with Crippen LogP contribution in [0.5, 0.6) is 0 Å². The fraction of sp³-hybridized carbons (Fsp3) is 0.300. The number of benzene rings is 1. The predicted octanol–water partition coefficient (Wildman–Crippen LogP) is 1.06. The van der Waals surface area contributed by atoms with Gasteiger partial charge in [0.1, 0.15) is 0 Å². The maximum Gasteiger partial charge on any atom is 0.237 e. The average Bonchev–Trinajstić information content (AvgIpc) is 2.20. The zero-order valence-corrected chi connectivity index (χ0v) is 9.54. The summed E-state index contributed by atoms with van der Waals surface area (Å²) < 4.78 is 0.986. The van der Waals surface area contributed by atoms with Crippen molar-refractivity contribution in [3.63, 3.8) is 0 Å². The zero-order chi connectivity index (χ0) is 10.6. The summed E-state index contributed by atoms with van der Waals surface area (Å²) in [5, 5.41) is 2.53. The van der Waals surface area contributed by atoms with Gasteiger partial charge >= 0.3 is 0 Å². The Hall–Kier alpha value is -0.870. The zero-order valence-electron chi connectivity index (χ0n) is 7.96. The van der Waals surface area contributed by atoms with Crippen LogP contribution in [-0.4, -0.2) is 19.0 Å². The van der Waals surface area contributed by atoms with Gasteiger partial charge in [0.25, 0.3) is 0 Å². The molecule has 4 heteroatoms. The largest absolute Gasteiger partial charge is 0.358 e. The molecule has 1 atom stereocenters. The van der Waals surface area contributed by atoms with E-state index in [9.17, 15) is 4.79 Å². The highest BCUT2D eigenvalue weighted by Gasteiger charge is 2.13. The quantitative estimate of drug-likeness (QED) is 0.850. The van der Waals surface area contributed by atoms with Crippen LogP contribution in [-0.2, 0) is 11.2 Å². The van der Waals surface area contributed by atoms with E-state index in [1.807, 2.05) is 24.3 Å². The van der Waals surface area contributed by atoms with Crippen molar-refractivity contribution in [3.8, 4) is 0 Å². The molecular formula is C10H13BrN2O. The molecule has 0 aliphatic heterocycles. The van der Waals surface area contributed by atoms with Crippen LogP contribution in [0.3, 0.4) is 0 Å². The molecule has 1 aromatic carbocycles. The van der Waals surface area contributed by atoms with Crippen molar-refractivity contribution in [2.75, 3.05) is 7.05 Å². The molecule has 14 heavy (non-hydrogen) atoms. The van der Waals surface area contributed by atoms with Crippen LogP contribution >= 0.6 is 15.9 Å². The highest BCUT2D eigenvalue weighted by atomic mass is 79.9. The molecule has 76 valence electrons. The molecule has 0 aliphatic rings. The summed E-state index contributed by atoms with van der Waals surface area (Å²) in [4.78, 5) is 11.2. The van der Waals surface area contributed by atoms with Crippen LogP contribution in [0.25, 0.3) is 0 Å². The van der Waals surface area contributed by atoms with Gasteiger partial charge in [0.15, 0.2) is 0 Å². The van der Waals surface area contributed by atoms with E-state index >= 15 is 0 Å². The van der Waals surface area contributed by atoms with Gasteiger partial charge in [-0.3, -0.25) is 4.79 Å². The van der Waals surface area contributed by atoms with E-state index in [0.29, 0.717) is 6.42 Å². The molecule has 0 saturated carbocycles. The summed E-state index contributed by atoms with van der Waals surface area (Å²) in [6, 6.07) is 7.26. The van der Waals surface area contributed by atoms with Gasteiger partial charge in [0.05, 0.1) is 6.04 Å². The smallest absolute Gasteiger partial charge is 0.237 e. The molecule has 0 radical (unpaired) electrons. The Balaban J connectivity index is 2.69. The summed E-state index contributed by atoms with van der Waals surface area (Å²) >= 11 is 3.41. The molecule has 1 amide bonds. The number of likely N-dealkylation sites (N-methyl/N-ethyl adjacent to an activating group) is 1. The second-order valence-electron chi connectivity index (χ2n) is 3.02. The summed E-state index contributed by atoms with van der Waals surface area (Å²) in [6.07, 6.45) is 0.543. The molecule has 0 aromatic heterocycles. The van der Waals surface area contributed by atoms with Gasteiger partial charge in [-0.1, -0.05) is 34.1 Å². The van der Waals surface area contributed by atoms with Gasteiger partial charge in [0, 0.05) is 11.5 Å². The first kappa shape index (κ1) is 11.2. The first-order valence-electron chi connectivity index (χ1n) is 4.35. The molecule has 0 fully saturated rings. The van der Waals surface area contributed by atoms with Crippen molar-refractivity contribution in [2.24, 2.45) is 5.73 Å². The number of carbonyl (C=O) groups excluding carboxylic acids is 1. The van der Waals surface area contributed by atoms with Gasteiger partial charge in [0.2, 0.25) is 5.91 Å². The fourth-order valence-corrected chi connectivity index (χ4v) is 1.63. The maximum absolute atomic E-state index is 11.2. The van der Waals surface area contributed by atoms with E-state index in [4.69, 9.17) is 5.73 Å². The lowest BCUT2D eigenvalue weighted by atomic mass is 10.1. The van der Waals surface area contributed by atoms with E-state index in [-0.39, 0.29) is 5.91 Å². The minimum atomic E-state index is -0.487. The number of rotatable bonds is 3. The van der Waals surface area contributed by atoms with Crippen molar-refractivity contribution >= 4 is 21.8 Å². The van der Waals surface area contributed by atoms with Crippen LogP contribution in [0.2, 0.25) is 0 Å². The lowest BCUT2D eigenvalue weighted by Crippen LogP contribution is -2.40. The third kappa shape index (κ3) is 2.82. The van der Waals surface area contributed by atoms with Crippen LogP contribution in [0.4, 0.5) is 0 Å². The van der Waals surface area contributed by atoms with Crippen molar-refractivity contribution in [2.45, 2.75) is 12.5 Å². The molecule has 1 rings (SSSR count). The second-order valence-corrected chi connectivity index (χ2v) is 3.87. The van der Waals surface area contributed by atoms with E-state index in [1.165, 1.54) is 0 Å². The normalized spacial score (nSPS) is 12.2. The second kappa shape index (κ2) is 5.12. The topological polar surface area (TPSA) is 55.1 Å². The van der Waals surface area contributed by atoms with Crippen LogP contribution < -0.4 is 11.1 Å². The molecule has 0 aliphatic carbocycles. The molecular weight excluding hydrogens is 244 g/mol. The number of hydrogen-bond donors (Lipinski definition) is 2. The van der Waals surface area contributed by atoms with Gasteiger partial charge in [-0.15, -0.1) is 0 Å². The monoisotopic (exact) mass is 256 g/mol. The molecule has 0 unspecified atom stereocenters. The van der Waals surface area contributed by atoms with Crippen LogP contribution in [0.1, 0.15) is 5.56 Å². The third-order valence-corrected chi connectivity index (χ3v) is 2.75. The van der Waals surface area contributed by atoms with Crippen molar-refractivity contribution in [1.82, 2.24) is 5.32 Å². The van der Waals surface area contributed by atoms with E-state index in [1.54, 1.807) is 7.05 Å². The highest BCUT2D eigenvalue weighted by Crippen LogP contribution is 2.16. The molecule has 0 saturated heterocycles. The molecule has 0 spiro atoms. The highest BCUT2D eigenvalue weighted by molar-refractivity contribution is 9.10. The Morgan fingerprint density at radius 2 is 2.21 bits per heavy atom. The van der Waals surface area contributed by atoms with Gasteiger partial charge in [-0.25, -0.2) is 0 Å². The lowest BCUT2D eigenvalue weighted by molar-refractivity contribution is -0.121. The minimum Gasteiger partial charge on any atom is -0.358 e. The molecule has 3 nitrogen and oxygen atoms in total. The predicted molar refractivity (Wildman–Crippen MR) is 59.9 cm³/mol.